The minimum atomic E-state index is -0.246. The van der Waals surface area contributed by atoms with Gasteiger partial charge in [0.25, 0.3) is 5.69 Å². The molecule has 0 bridgehead atoms. The van der Waals surface area contributed by atoms with Crippen LogP contribution in [0.15, 0.2) is 18.2 Å². The van der Waals surface area contributed by atoms with Crippen molar-refractivity contribution in [3.05, 3.63) is 33.9 Å². The number of hydrogen-bond acceptors (Lipinski definition) is 4. The highest BCUT2D eigenvalue weighted by Crippen LogP contribution is 2.35. The van der Waals surface area contributed by atoms with Gasteiger partial charge in [0.05, 0.1) is 4.92 Å². The molecule has 0 aromatic heterocycles. The number of aryl methyl sites for hydroxylation is 1. The Hall–Kier alpha value is -1.62. The molecule has 3 rings (SSSR count). The Morgan fingerprint density at radius 1 is 1.33 bits per heavy atom. The lowest BCUT2D eigenvalue weighted by Gasteiger charge is -2.27. The molecule has 1 aromatic carbocycles. The third-order valence-electron chi connectivity index (χ3n) is 4.45. The van der Waals surface area contributed by atoms with E-state index in [0.717, 1.165) is 30.9 Å². The van der Waals surface area contributed by atoms with Crippen LogP contribution in [0.5, 0.6) is 0 Å². The summed E-state index contributed by atoms with van der Waals surface area (Å²) in [6, 6.07) is 6.05. The predicted molar refractivity (Wildman–Crippen MR) is 83.8 cm³/mol. The molecule has 0 spiro atoms. The summed E-state index contributed by atoms with van der Waals surface area (Å²) in [5.41, 5.74) is 1.97. The van der Waals surface area contributed by atoms with E-state index in [2.05, 4.69) is 10.2 Å². The fourth-order valence-corrected chi connectivity index (χ4v) is 3.11. The minimum absolute atomic E-state index is 0.244. The molecule has 1 heterocycles. The lowest BCUT2D eigenvalue weighted by atomic mass is 10.1. The van der Waals surface area contributed by atoms with Gasteiger partial charge in [0.1, 0.15) is 5.69 Å². The van der Waals surface area contributed by atoms with Crippen LogP contribution in [-0.2, 0) is 0 Å². The average Bonchev–Trinajstić information content (AvgIpc) is 3.11. The van der Waals surface area contributed by atoms with Crippen LogP contribution in [-0.4, -0.2) is 30.6 Å². The Kier molecular flexibility index (Phi) is 4.10. The number of anilines is 1. The highest BCUT2D eigenvalue weighted by Gasteiger charge is 2.29. The Morgan fingerprint density at radius 3 is 2.76 bits per heavy atom. The van der Waals surface area contributed by atoms with Gasteiger partial charge >= 0.3 is 0 Å². The van der Waals surface area contributed by atoms with Crippen LogP contribution in [0, 0.1) is 23.0 Å². The van der Waals surface area contributed by atoms with Crippen LogP contribution < -0.4 is 10.2 Å². The minimum Gasteiger partial charge on any atom is -0.364 e. The Labute approximate surface area is 125 Å². The molecule has 5 heteroatoms. The maximum atomic E-state index is 11.4. The highest BCUT2D eigenvalue weighted by molar-refractivity contribution is 5.64. The van der Waals surface area contributed by atoms with Crippen LogP contribution in [0.1, 0.15) is 31.2 Å². The molecular formula is C16H23N3O2. The van der Waals surface area contributed by atoms with Crippen molar-refractivity contribution in [2.45, 2.75) is 38.6 Å². The summed E-state index contributed by atoms with van der Waals surface area (Å²) in [4.78, 5) is 13.4. The fourth-order valence-electron chi connectivity index (χ4n) is 3.11. The van der Waals surface area contributed by atoms with E-state index in [-0.39, 0.29) is 10.6 Å². The molecule has 0 amide bonds. The van der Waals surface area contributed by atoms with Gasteiger partial charge in [-0.05, 0) is 56.7 Å². The first kappa shape index (κ1) is 14.3. The maximum Gasteiger partial charge on any atom is 0.292 e. The van der Waals surface area contributed by atoms with E-state index in [9.17, 15) is 10.1 Å². The number of rotatable bonds is 6. The van der Waals surface area contributed by atoms with E-state index in [1.54, 1.807) is 6.07 Å². The zero-order valence-electron chi connectivity index (χ0n) is 12.5. The molecule has 114 valence electrons. The van der Waals surface area contributed by atoms with E-state index >= 15 is 0 Å². The second-order valence-electron chi connectivity index (χ2n) is 6.39. The molecule has 1 saturated carbocycles. The van der Waals surface area contributed by atoms with Gasteiger partial charge in [-0.2, -0.15) is 0 Å². The Balaban J connectivity index is 1.85. The molecule has 1 saturated heterocycles. The summed E-state index contributed by atoms with van der Waals surface area (Å²) in [5, 5.41) is 14.9. The largest absolute Gasteiger partial charge is 0.364 e. The van der Waals surface area contributed by atoms with Gasteiger partial charge in [-0.3, -0.25) is 10.1 Å². The summed E-state index contributed by atoms with van der Waals surface area (Å²) in [5.74, 6) is 0.715. The molecule has 21 heavy (non-hydrogen) atoms. The van der Waals surface area contributed by atoms with E-state index in [0.29, 0.717) is 12.0 Å². The quantitative estimate of drug-likeness (QED) is 0.646. The van der Waals surface area contributed by atoms with Gasteiger partial charge in [0, 0.05) is 25.2 Å². The molecule has 1 aliphatic heterocycles. The predicted octanol–water partition coefficient (Wildman–Crippen LogP) is 2.87. The van der Waals surface area contributed by atoms with Gasteiger partial charge < -0.3 is 10.2 Å². The summed E-state index contributed by atoms with van der Waals surface area (Å²) < 4.78 is 0. The number of benzene rings is 1. The molecule has 2 aliphatic rings. The fraction of sp³-hybridized carbons (Fsp3) is 0.625. The molecule has 1 N–H and O–H groups in total. The van der Waals surface area contributed by atoms with Crippen LogP contribution in [0.3, 0.4) is 0 Å². The van der Waals surface area contributed by atoms with E-state index in [1.165, 1.54) is 25.7 Å². The van der Waals surface area contributed by atoms with E-state index < -0.39 is 0 Å². The first-order chi connectivity index (χ1) is 10.1. The highest BCUT2D eigenvalue weighted by atomic mass is 16.6. The lowest BCUT2D eigenvalue weighted by Crippen LogP contribution is -2.39. The van der Waals surface area contributed by atoms with Crippen molar-refractivity contribution in [1.29, 1.82) is 0 Å². The lowest BCUT2D eigenvalue weighted by molar-refractivity contribution is -0.384. The Morgan fingerprint density at radius 2 is 2.14 bits per heavy atom. The smallest absolute Gasteiger partial charge is 0.292 e. The first-order valence-corrected chi connectivity index (χ1v) is 7.87. The maximum absolute atomic E-state index is 11.4. The SMILES string of the molecule is Cc1ccc(N(CC2CC2)CC2CCCN2)c([N+](=O)[O-])c1. The van der Waals surface area contributed by atoms with Crippen molar-refractivity contribution in [3.63, 3.8) is 0 Å². The molecule has 1 unspecified atom stereocenters. The molecule has 0 radical (unpaired) electrons. The number of nitro groups is 1. The number of nitrogens with one attached hydrogen (secondary N) is 1. The normalized spacial score (nSPS) is 21.5. The summed E-state index contributed by atoms with van der Waals surface area (Å²) in [6.45, 7) is 4.79. The van der Waals surface area contributed by atoms with Crippen molar-refractivity contribution in [2.24, 2.45) is 5.92 Å². The third kappa shape index (κ3) is 3.53. The topological polar surface area (TPSA) is 58.4 Å². The zero-order valence-corrected chi connectivity index (χ0v) is 12.5. The van der Waals surface area contributed by atoms with Crippen LogP contribution in [0.2, 0.25) is 0 Å². The standard InChI is InChI=1S/C16H23N3O2/c1-12-4-7-15(16(9-12)19(20)21)18(10-13-5-6-13)11-14-3-2-8-17-14/h4,7,9,13-14,17H,2-3,5-6,8,10-11H2,1H3. The van der Waals surface area contributed by atoms with Crippen molar-refractivity contribution in [3.8, 4) is 0 Å². The number of nitro benzene ring substituents is 1. The van der Waals surface area contributed by atoms with Crippen molar-refractivity contribution in [2.75, 3.05) is 24.5 Å². The second-order valence-corrected chi connectivity index (χ2v) is 6.39. The average molecular weight is 289 g/mol. The van der Waals surface area contributed by atoms with Crippen LogP contribution in [0.4, 0.5) is 11.4 Å². The van der Waals surface area contributed by atoms with Crippen molar-refractivity contribution >= 4 is 11.4 Å². The first-order valence-electron chi connectivity index (χ1n) is 7.87. The molecule has 1 atom stereocenters. The van der Waals surface area contributed by atoms with Gasteiger partial charge in [-0.15, -0.1) is 0 Å². The van der Waals surface area contributed by atoms with Gasteiger partial charge in [-0.25, -0.2) is 0 Å². The Bertz CT molecular complexity index is 522. The monoisotopic (exact) mass is 289 g/mol. The van der Waals surface area contributed by atoms with E-state index in [1.807, 2.05) is 19.1 Å². The zero-order chi connectivity index (χ0) is 14.8. The van der Waals surface area contributed by atoms with Crippen molar-refractivity contribution < 1.29 is 4.92 Å². The molecule has 2 fully saturated rings. The van der Waals surface area contributed by atoms with Crippen LogP contribution >= 0.6 is 0 Å². The molecule has 1 aromatic rings. The second kappa shape index (κ2) is 6.02. The molecule has 5 nitrogen and oxygen atoms in total. The summed E-state index contributed by atoms with van der Waals surface area (Å²) in [6.07, 6.45) is 4.89. The molecule has 1 aliphatic carbocycles. The number of hydrogen-bond donors (Lipinski definition) is 1. The van der Waals surface area contributed by atoms with Gasteiger partial charge in [-0.1, -0.05) is 6.07 Å². The molecular weight excluding hydrogens is 266 g/mol. The summed E-state index contributed by atoms with van der Waals surface area (Å²) >= 11 is 0. The van der Waals surface area contributed by atoms with Crippen molar-refractivity contribution in [1.82, 2.24) is 5.32 Å². The van der Waals surface area contributed by atoms with Crippen LogP contribution in [0.25, 0.3) is 0 Å². The summed E-state index contributed by atoms with van der Waals surface area (Å²) in [7, 11) is 0. The number of nitrogens with zero attached hydrogens (tertiary/aromatic N) is 2. The third-order valence-corrected chi connectivity index (χ3v) is 4.45. The van der Waals surface area contributed by atoms with E-state index in [4.69, 9.17) is 0 Å². The van der Waals surface area contributed by atoms with Gasteiger partial charge in [0.2, 0.25) is 0 Å². The van der Waals surface area contributed by atoms with Gasteiger partial charge in [0.15, 0.2) is 0 Å².